The number of aliphatic hydroxyl groups excluding tert-OH is 1. The van der Waals surface area contributed by atoms with Crippen LogP contribution in [0.5, 0.6) is 11.5 Å². The first-order chi connectivity index (χ1) is 14.1. The number of aromatic nitrogens is 4. The summed E-state index contributed by atoms with van der Waals surface area (Å²) in [5.41, 5.74) is 2.66. The van der Waals surface area contributed by atoms with Gasteiger partial charge >= 0.3 is 0 Å². The van der Waals surface area contributed by atoms with Gasteiger partial charge in [-0.1, -0.05) is 24.7 Å². The van der Waals surface area contributed by atoms with Crippen LogP contribution in [-0.2, 0) is 7.05 Å². The molecule has 0 saturated heterocycles. The SMILES string of the molecule is CCC[C@@H](CO)Nc1nc2ccc(Oc3ccnc(-c4cnn(C)c4)c3)cc2s1. The van der Waals surface area contributed by atoms with Gasteiger partial charge in [0.1, 0.15) is 11.5 Å². The van der Waals surface area contributed by atoms with Gasteiger partial charge in [-0.2, -0.15) is 5.10 Å². The van der Waals surface area contributed by atoms with Crippen molar-refractivity contribution in [1.82, 2.24) is 19.7 Å². The number of hydrogen-bond acceptors (Lipinski definition) is 7. The van der Waals surface area contributed by atoms with Gasteiger partial charge in [0.25, 0.3) is 0 Å². The lowest BCUT2D eigenvalue weighted by molar-refractivity contribution is 0.268. The van der Waals surface area contributed by atoms with Crippen LogP contribution >= 0.6 is 11.3 Å². The molecule has 0 unspecified atom stereocenters. The van der Waals surface area contributed by atoms with Gasteiger partial charge in [0.05, 0.1) is 34.8 Å². The number of anilines is 1. The third-order valence-electron chi connectivity index (χ3n) is 4.51. The van der Waals surface area contributed by atoms with Crippen molar-refractivity contribution in [2.75, 3.05) is 11.9 Å². The highest BCUT2D eigenvalue weighted by Crippen LogP contribution is 2.32. The predicted molar refractivity (Wildman–Crippen MR) is 116 cm³/mol. The average Bonchev–Trinajstić information content (AvgIpc) is 3.33. The minimum absolute atomic E-state index is 0.0269. The van der Waals surface area contributed by atoms with E-state index in [1.807, 2.05) is 43.6 Å². The monoisotopic (exact) mass is 409 g/mol. The summed E-state index contributed by atoms with van der Waals surface area (Å²) in [4.78, 5) is 9.01. The van der Waals surface area contributed by atoms with Crippen molar-refractivity contribution in [1.29, 1.82) is 0 Å². The number of fused-ring (bicyclic) bond motifs is 1. The van der Waals surface area contributed by atoms with Gasteiger partial charge in [0.2, 0.25) is 0 Å². The third kappa shape index (κ3) is 4.55. The number of aryl methyl sites for hydroxylation is 1. The van der Waals surface area contributed by atoms with Gasteiger partial charge in [0, 0.05) is 37.1 Å². The first-order valence-electron chi connectivity index (χ1n) is 9.55. The maximum absolute atomic E-state index is 9.49. The number of rotatable bonds is 8. The summed E-state index contributed by atoms with van der Waals surface area (Å²) in [5.74, 6) is 1.45. The van der Waals surface area contributed by atoms with Gasteiger partial charge in [-0.3, -0.25) is 9.67 Å². The molecule has 0 radical (unpaired) electrons. The molecule has 0 spiro atoms. The molecule has 7 nitrogen and oxygen atoms in total. The standard InChI is InChI=1S/C21H23N5O2S/c1-3-4-15(13-27)24-21-25-18-6-5-16(10-20(18)29-21)28-17-7-8-22-19(9-17)14-11-23-26(2)12-14/h5-12,15,27H,3-4,13H2,1-2H3,(H,24,25)/t15-/m0/s1. The Kier molecular flexibility index (Phi) is 5.73. The van der Waals surface area contributed by atoms with Gasteiger partial charge in [-0.05, 0) is 24.6 Å². The molecule has 3 heterocycles. The van der Waals surface area contributed by atoms with Crippen molar-refractivity contribution in [2.45, 2.75) is 25.8 Å². The summed E-state index contributed by atoms with van der Waals surface area (Å²) in [6.07, 6.45) is 7.34. The molecule has 0 aliphatic heterocycles. The van der Waals surface area contributed by atoms with E-state index < -0.39 is 0 Å². The van der Waals surface area contributed by atoms with Crippen molar-refractivity contribution in [3.63, 3.8) is 0 Å². The fourth-order valence-electron chi connectivity index (χ4n) is 3.08. The van der Waals surface area contributed by atoms with E-state index in [1.165, 1.54) is 0 Å². The lowest BCUT2D eigenvalue weighted by Crippen LogP contribution is -2.23. The minimum atomic E-state index is 0.0269. The molecule has 4 rings (SSSR count). The molecule has 4 aromatic rings. The minimum Gasteiger partial charge on any atom is -0.457 e. The Balaban J connectivity index is 1.53. The molecule has 0 aliphatic rings. The van der Waals surface area contributed by atoms with Gasteiger partial charge in [-0.25, -0.2) is 4.98 Å². The van der Waals surface area contributed by atoms with Crippen molar-refractivity contribution in [3.05, 3.63) is 48.9 Å². The number of benzene rings is 1. The molecule has 150 valence electrons. The predicted octanol–water partition coefficient (Wildman–Crippen LogP) is 4.46. The second kappa shape index (κ2) is 8.59. The van der Waals surface area contributed by atoms with Gasteiger partial charge < -0.3 is 15.2 Å². The quantitative estimate of drug-likeness (QED) is 0.447. The Morgan fingerprint density at radius 1 is 1.24 bits per heavy atom. The van der Waals surface area contributed by atoms with E-state index in [0.29, 0.717) is 5.75 Å². The van der Waals surface area contributed by atoms with Crippen LogP contribution in [0.25, 0.3) is 21.5 Å². The fraction of sp³-hybridized carbons (Fsp3) is 0.286. The van der Waals surface area contributed by atoms with Crippen LogP contribution in [0.3, 0.4) is 0 Å². The van der Waals surface area contributed by atoms with Crippen LogP contribution < -0.4 is 10.1 Å². The number of hydrogen-bond donors (Lipinski definition) is 2. The number of aliphatic hydroxyl groups is 1. The lowest BCUT2D eigenvalue weighted by atomic mass is 10.2. The second-order valence-corrected chi connectivity index (χ2v) is 7.87. The van der Waals surface area contributed by atoms with Crippen molar-refractivity contribution < 1.29 is 9.84 Å². The summed E-state index contributed by atoms with van der Waals surface area (Å²) in [5, 5.41) is 17.8. The highest BCUT2D eigenvalue weighted by Gasteiger charge is 2.11. The number of thiazole rings is 1. The molecular formula is C21H23N5O2S. The summed E-state index contributed by atoms with van der Waals surface area (Å²) >= 11 is 1.56. The zero-order chi connectivity index (χ0) is 20.2. The van der Waals surface area contributed by atoms with E-state index in [2.05, 4.69) is 27.3 Å². The Hall–Kier alpha value is -2.97. The summed E-state index contributed by atoms with van der Waals surface area (Å²) in [6, 6.07) is 9.60. The zero-order valence-corrected chi connectivity index (χ0v) is 17.2. The molecule has 0 saturated carbocycles. The van der Waals surface area contributed by atoms with Crippen molar-refractivity contribution in [2.24, 2.45) is 7.05 Å². The summed E-state index contributed by atoms with van der Waals surface area (Å²) in [6.45, 7) is 2.20. The van der Waals surface area contributed by atoms with Crippen LogP contribution in [0.1, 0.15) is 19.8 Å². The molecule has 0 bridgehead atoms. The zero-order valence-electron chi connectivity index (χ0n) is 16.4. The van der Waals surface area contributed by atoms with E-state index in [9.17, 15) is 5.11 Å². The maximum Gasteiger partial charge on any atom is 0.184 e. The molecule has 0 aliphatic carbocycles. The average molecular weight is 410 g/mol. The molecule has 1 atom stereocenters. The first-order valence-corrected chi connectivity index (χ1v) is 10.4. The molecule has 8 heteroatoms. The van der Waals surface area contributed by atoms with Crippen molar-refractivity contribution in [3.8, 4) is 22.8 Å². The third-order valence-corrected chi connectivity index (χ3v) is 5.46. The van der Waals surface area contributed by atoms with Crippen LogP contribution in [-0.4, -0.2) is 37.5 Å². The molecule has 0 fully saturated rings. The molecular weight excluding hydrogens is 386 g/mol. The van der Waals surface area contributed by atoms with E-state index in [4.69, 9.17) is 4.74 Å². The second-order valence-electron chi connectivity index (χ2n) is 6.84. The number of ether oxygens (including phenoxy) is 1. The van der Waals surface area contributed by atoms with Crippen molar-refractivity contribution >= 4 is 26.7 Å². The first kappa shape index (κ1) is 19.4. The summed E-state index contributed by atoms with van der Waals surface area (Å²) in [7, 11) is 1.88. The maximum atomic E-state index is 9.49. The molecule has 2 N–H and O–H groups in total. The van der Waals surface area contributed by atoms with Gasteiger partial charge in [-0.15, -0.1) is 0 Å². The number of nitrogens with zero attached hydrogens (tertiary/aromatic N) is 4. The van der Waals surface area contributed by atoms with Crippen LogP contribution in [0.2, 0.25) is 0 Å². The highest BCUT2D eigenvalue weighted by molar-refractivity contribution is 7.22. The smallest absolute Gasteiger partial charge is 0.184 e. The Labute approximate surface area is 173 Å². The van der Waals surface area contributed by atoms with E-state index in [-0.39, 0.29) is 12.6 Å². The Morgan fingerprint density at radius 2 is 2.10 bits per heavy atom. The topological polar surface area (TPSA) is 85.1 Å². The van der Waals surface area contributed by atoms with Gasteiger partial charge in [0.15, 0.2) is 5.13 Å². The van der Waals surface area contributed by atoms with E-state index in [0.717, 1.165) is 45.2 Å². The van der Waals surface area contributed by atoms with Crippen LogP contribution in [0.15, 0.2) is 48.9 Å². The number of pyridine rings is 1. The normalized spacial score (nSPS) is 12.2. The van der Waals surface area contributed by atoms with E-state index in [1.54, 1.807) is 28.4 Å². The molecule has 29 heavy (non-hydrogen) atoms. The highest BCUT2D eigenvalue weighted by atomic mass is 32.1. The number of nitrogens with one attached hydrogen (secondary N) is 1. The lowest BCUT2D eigenvalue weighted by Gasteiger charge is -2.13. The Bertz CT molecular complexity index is 1110. The van der Waals surface area contributed by atoms with E-state index >= 15 is 0 Å². The Morgan fingerprint density at radius 3 is 2.86 bits per heavy atom. The summed E-state index contributed by atoms with van der Waals surface area (Å²) < 4.78 is 8.83. The largest absolute Gasteiger partial charge is 0.457 e. The molecule has 1 aromatic carbocycles. The molecule has 3 aromatic heterocycles. The fourth-order valence-corrected chi connectivity index (χ4v) is 4.06. The van der Waals surface area contributed by atoms with Crippen LogP contribution in [0.4, 0.5) is 5.13 Å². The molecule has 0 amide bonds. The van der Waals surface area contributed by atoms with Crippen LogP contribution in [0, 0.1) is 0 Å².